The van der Waals surface area contributed by atoms with Crippen LogP contribution in [-0.4, -0.2) is 5.78 Å². The van der Waals surface area contributed by atoms with Crippen molar-refractivity contribution >= 4 is 23.5 Å². The summed E-state index contributed by atoms with van der Waals surface area (Å²) in [6.07, 6.45) is 2.48. The minimum atomic E-state index is -1.00. The summed E-state index contributed by atoms with van der Waals surface area (Å²) in [7, 11) is 0. The third-order valence-electron chi connectivity index (χ3n) is 2.57. The Bertz CT molecular complexity index is 696. The second-order valence-electron chi connectivity index (χ2n) is 4.00. The molecule has 0 aromatic heterocycles. The van der Waals surface area contributed by atoms with Crippen LogP contribution in [0.4, 0.5) is 13.2 Å². The van der Waals surface area contributed by atoms with Crippen molar-refractivity contribution in [2.75, 3.05) is 0 Å². The average Bonchev–Trinajstić information content (AvgIpc) is 2.40. The van der Waals surface area contributed by atoms with Crippen molar-refractivity contribution in [3.8, 4) is 0 Å². The number of halogens is 4. The van der Waals surface area contributed by atoms with Crippen molar-refractivity contribution in [3.63, 3.8) is 0 Å². The molecule has 1 nitrogen and oxygen atoms in total. The molecule has 0 saturated heterocycles. The maximum Gasteiger partial charge on any atom is 0.187 e. The fourth-order valence-corrected chi connectivity index (χ4v) is 1.83. The Morgan fingerprint density at radius 1 is 1.00 bits per heavy atom. The summed E-state index contributed by atoms with van der Waals surface area (Å²) in [5.74, 6) is -2.97. The Hall–Kier alpha value is -2.07. The summed E-state index contributed by atoms with van der Waals surface area (Å²) in [4.78, 5) is 11.8. The van der Waals surface area contributed by atoms with E-state index in [1.54, 1.807) is 0 Å². The molecule has 20 heavy (non-hydrogen) atoms. The van der Waals surface area contributed by atoms with Gasteiger partial charge in [0.2, 0.25) is 0 Å². The van der Waals surface area contributed by atoms with Gasteiger partial charge in [0.05, 0.1) is 5.02 Å². The molecule has 0 fully saturated rings. The first-order chi connectivity index (χ1) is 9.47. The van der Waals surface area contributed by atoms with Crippen molar-refractivity contribution in [2.24, 2.45) is 0 Å². The Morgan fingerprint density at radius 2 is 1.75 bits per heavy atom. The summed E-state index contributed by atoms with van der Waals surface area (Å²) in [6, 6.07) is 6.66. The van der Waals surface area contributed by atoms with Crippen molar-refractivity contribution in [1.82, 2.24) is 0 Å². The average molecular weight is 297 g/mol. The van der Waals surface area contributed by atoms with Gasteiger partial charge < -0.3 is 0 Å². The van der Waals surface area contributed by atoms with Crippen LogP contribution in [-0.2, 0) is 0 Å². The minimum absolute atomic E-state index is 0.00932. The van der Waals surface area contributed by atoms with E-state index >= 15 is 0 Å². The maximum atomic E-state index is 13.0. The number of allylic oxidation sites excluding steroid dienone is 1. The molecule has 0 aliphatic carbocycles. The van der Waals surface area contributed by atoms with E-state index in [4.69, 9.17) is 11.6 Å². The van der Waals surface area contributed by atoms with Gasteiger partial charge in [-0.3, -0.25) is 4.79 Å². The fourth-order valence-electron chi connectivity index (χ4n) is 1.57. The van der Waals surface area contributed by atoms with Gasteiger partial charge in [-0.1, -0.05) is 23.7 Å². The second-order valence-corrected chi connectivity index (χ2v) is 4.40. The summed E-state index contributed by atoms with van der Waals surface area (Å²) < 4.78 is 38.6. The minimum Gasteiger partial charge on any atom is -0.289 e. The highest BCUT2D eigenvalue weighted by atomic mass is 35.5. The second kappa shape index (κ2) is 5.92. The SMILES string of the molecule is O=C(/C=C/c1ccc(F)c(F)c1)c1ccc(F)cc1Cl. The molecule has 2 aromatic rings. The van der Waals surface area contributed by atoms with E-state index in [9.17, 15) is 18.0 Å². The molecule has 102 valence electrons. The van der Waals surface area contributed by atoms with E-state index in [0.717, 1.165) is 30.3 Å². The predicted molar refractivity (Wildman–Crippen MR) is 71.1 cm³/mol. The van der Waals surface area contributed by atoms with Crippen molar-refractivity contribution in [2.45, 2.75) is 0 Å². The Labute approximate surface area is 118 Å². The van der Waals surface area contributed by atoms with Crippen molar-refractivity contribution in [1.29, 1.82) is 0 Å². The molecule has 0 amide bonds. The molecule has 5 heteroatoms. The predicted octanol–water partition coefficient (Wildman–Crippen LogP) is 4.65. The van der Waals surface area contributed by atoms with Gasteiger partial charge in [-0.25, -0.2) is 13.2 Å². The van der Waals surface area contributed by atoms with Gasteiger partial charge in [0.25, 0.3) is 0 Å². The van der Waals surface area contributed by atoms with Crippen LogP contribution < -0.4 is 0 Å². The van der Waals surface area contributed by atoms with Gasteiger partial charge in [-0.15, -0.1) is 0 Å². The Balaban J connectivity index is 2.22. The monoisotopic (exact) mass is 296 g/mol. The van der Waals surface area contributed by atoms with Gasteiger partial charge in [-0.2, -0.15) is 0 Å². The van der Waals surface area contributed by atoms with Crippen LogP contribution in [0.5, 0.6) is 0 Å². The van der Waals surface area contributed by atoms with Gasteiger partial charge in [0.1, 0.15) is 5.82 Å². The van der Waals surface area contributed by atoms with Crippen molar-refractivity contribution in [3.05, 3.63) is 76.1 Å². The summed E-state index contributed by atoms with van der Waals surface area (Å²) >= 11 is 5.75. The number of rotatable bonds is 3. The van der Waals surface area contributed by atoms with Gasteiger partial charge in [0.15, 0.2) is 17.4 Å². The first kappa shape index (κ1) is 14.3. The summed E-state index contributed by atoms with van der Waals surface area (Å²) in [5.41, 5.74) is 0.461. The number of benzene rings is 2. The van der Waals surface area contributed by atoms with Crippen LogP contribution in [0.3, 0.4) is 0 Å². The highest BCUT2D eigenvalue weighted by Crippen LogP contribution is 2.19. The molecule has 0 N–H and O–H groups in total. The Morgan fingerprint density at radius 3 is 2.40 bits per heavy atom. The summed E-state index contributed by atoms with van der Waals surface area (Å²) in [5, 5.41) is -0.00932. The smallest absolute Gasteiger partial charge is 0.187 e. The molecule has 0 atom stereocenters. The number of ketones is 1. The molecule has 0 unspecified atom stereocenters. The molecule has 0 heterocycles. The van der Waals surface area contributed by atoms with Crippen LogP contribution >= 0.6 is 11.6 Å². The Kier molecular flexibility index (Phi) is 4.25. The van der Waals surface area contributed by atoms with Crippen molar-refractivity contribution < 1.29 is 18.0 Å². The molecule has 0 spiro atoms. The first-order valence-electron chi connectivity index (χ1n) is 5.60. The normalized spacial score (nSPS) is 11.0. The van der Waals surface area contributed by atoms with Crippen LogP contribution in [0, 0.1) is 17.5 Å². The van der Waals surface area contributed by atoms with Crippen LogP contribution in [0.25, 0.3) is 6.08 Å². The zero-order valence-corrected chi connectivity index (χ0v) is 10.8. The van der Waals surface area contributed by atoms with Crippen LogP contribution in [0.1, 0.15) is 15.9 Å². The third kappa shape index (κ3) is 3.27. The molecule has 2 rings (SSSR count). The molecular formula is C15H8ClF3O. The van der Waals surface area contributed by atoms with Gasteiger partial charge in [0, 0.05) is 5.56 Å². The zero-order chi connectivity index (χ0) is 14.7. The molecule has 0 radical (unpaired) electrons. The first-order valence-corrected chi connectivity index (χ1v) is 5.97. The highest BCUT2D eigenvalue weighted by molar-refractivity contribution is 6.34. The standard InChI is InChI=1S/C15H8ClF3O/c16-12-8-10(17)3-4-11(12)15(20)6-2-9-1-5-13(18)14(19)7-9/h1-8H/b6-2+. The molecule has 0 aliphatic rings. The molecule has 0 saturated carbocycles. The number of hydrogen-bond donors (Lipinski definition) is 0. The van der Waals surface area contributed by atoms with E-state index in [1.807, 2.05) is 0 Å². The van der Waals surface area contributed by atoms with E-state index < -0.39 is 23.2 Å². The van der Waals surface area contributed by atoms with E-state index in [2.05, 4.69) is 0 Å². The lowest BCUT2D eigenvalue weighted by atomic mass is 10.1. The zero-order valence-electron chi connectivity index (χ0n) is 10.0. The summed E-state index contributed by atoms with van der Waals surface area (Å²) in [6.45, 7) is 0. The van der Waals surface area contributed by atoms with E-state index in [0.29, 0.717) is 5.56 Å². The number of carbonyl (C=O) groups excluding carboxylic acids is 1. The van der Waals surface area contributed by atoms with Crippen LogP contribution in [0.15, 0.2) is 42.5 Å². The highest BCUT2D eigenvalue weighted by Gasteiger charge is 2.08. The topological polar surface area (TPSA) is 17.1 Å². The lowest BCUT2D eigenvalue weighted by Gasteiger charge is -2.00. The van der Waals surface area contributed by atoms with Crippen LogP contribution in [0.2, 0.25) is 5.02 Å². The largest absolute Gasteiger partial charge is 0.289 e. The molecular weight excluding hydrogens is 289 g/mol. The van der Waals surface area contributed by atoms with E-state index in [-0.39, 0.29) is 10.6 Å². The molecule has 0 aliphatic heterocycles. The molecule has 0 bridgehead atoms. The lowest BCUT2D eigenvalue weighted by Crippen LogP contribution is -1.96. The number of hydrogen-bond acceptors (Lipinski definition) is 1. The lowest BCUT2D eigenvalue weighted by molar-refractivity contribution is 0.104. The van der Waals surface area contributed by atoms with Gasteiger partial charge >= 0.3 is 0 Å². The van der Waals surface area contributed by atoms with Gasteiger partial charge in [-0.05, 0) is 42.0 Å². The maximum absolute atomic E-state index is 13.0. The van der Waals surface area contributed by atoms with E-state index in [1.165, 1.54) is 18.2 Å². The third-order valence-corrected chi connectivity index (χ3v) is 2.88. The molecule has 2 aromatic carbocycles. The fraction of sp³-hybridized carbons (Fsp3) is 0. The number of carbonyl (C=O) groups is 1. The quantitative estimate of drug-likeness (QED) is 0.595.